The van der Waals surface area contributed by atoms with Crippen molar-refractivity contribution in [3.63, 3.8) is 0 Å². The third kappa shape index (κ3) is 7.00. The van der Waals surface area contributed by atoms with E-state index < -0.39 is 18.6 Å². The van der Waals surface area contributed by atoms with E-state index in [1.165, 1.54) is 12.1 Å². The Bertz CT molecular complexity index is 696. The summed E-state index contributed by atoms with van der Waals surface area (Å²) in [7, 11) is -1.37. The van der Waals surface area contributed by atoms with Crippen LogP contribution in [0.4, 0.5) is 4.39 Å². The highest BCUT2D eigenvalue weighted by molar-refractivity contribution is 6.40. The molecule has 1 heterocycles. The fourth-order valence-corrected chi connectivity index (χ4v) is 4.01. The monoisotopic (exact) mass is 421 g/mol. The summed E-state index contributed by atoms with van der Waals surface area (Å²) in [4.78, 5) is 14.0. The van der Waals surface area contributed by atoms with Crippen LogP contribution in [0.25, 0.3) is 0 Å². The van der Waals surface area contributed by atoms with Crippen molar-refractivity contribution in [1.82, 2.24) is 10.2 Å². The molecule has 1 unspecified atom stereocenters. The summed E-state index contributed by atoms with van der Waals surface area (Å²) in [6, 6.07) is 6.42. The second kappa shape index (κ2) is 11.3. The number of nitrogens with two attached hydrogens (primary N) is 1. The molecule has 1 atom stereocenters. The minimum absolute atomic E-state index is 0.141. The molecule has 0 aliphatic carbocycles. The summed E-state index contributed by atoms with van der Waals surface area (Å²) >= 11 is 0. The van der Waals surface area contributed by atoms with Gasteiger partial charge in [0.2, 0.25) is 0 Å². The number of piperidine rings is 1. The summed E-state index contributed by atoms with van der Waals surface area (Å²) in [5, 5.41) is 30.9. The third-order valence-corrected chi connectivity index (χ3v) is 5.96. The Morgan fingerprint density at radius 1 is 1.27 bits per heavy atom. The Kier molecular flexibility index (Phi) is 9.14. The number of carboxylic acids is 1. The zero-order valence-electron chi connectivity index (χ0n) is 17.4. The van der Waals surface area contributed by atoms with Gasteiger partial charge in [0.25, 0.3) is 0 Å². The lowest BCUT2D eigenvalue weighted by atomic mass is 9.74. The highest BCUT2D eigenvalue weighted by Crippen LogP contribution is 2.32. The Balaban J connectivity index is 1.77. The molecule has 1 aromatic rings. The van der Waals surface area contributed by atoms with Crippen LogP contribution in [0.5, 0.6) is 0 Å². The SMILES string of the molecule is C=C(NCCc1ccc(F)cc1)N1CCC(C(N)(CCCCB(O)O)C(=O)O)CC1. The van der Waals surface area contributed by atoms with Crippen molar-refractivity contribution in [2.24, 2.45) is 11.7 Å². The van der Waals surface area contributed by atoms with E-state index >= 15 is 0 Å². The number of rotatable bonds is 12. The molecule has 2 rings (SSSR count). The van der Waals surface area contributed by atoms with Crippen molar-refractivity contribution in [3.8, 4) is 0 Å². The van der Waals surface area contributed by atoms with E-state index in [-0.39, 0.29) is 18.1 Å². The summed E-state index contributed by atoms with van der Waals surface area (Å²) in [6.07, 6.45) is 3.67. The van der Waals surface area contributed by atoms with Gasteiger partial charge in [0.15, 0.2) is 0 Å². The maximum absolute atomic E-state index is 13.0. The number of carbonyl (C=O) groups is 1. The zero-order chi connectivity index (χ0) is 22.1. The Morgan fingerprint density at radius 2 is 1.90 bits per heavy atom. The summed E-state index contributed by atoms with van der Waals surface area (Å²) in [5.41, 5.74) is 6.04. The van der Waals surface area contributed by atoms with Crippen LogP contribution >= 0.6 is 0 Å². The fraction of sp³-hybridized carbons (Fsp3) is 0.571. The van der Waals surface area contributed by atoms with Crippen molar-refractivity contribution in [1.29, 1.82) is 0 Å². The predicted molar refractivity (Wildman–Crippen MR) is 115 cm³/mol. The number of nitrogens with one attached hydrogen (secondary N) is 1. The first-order valence-corrected chi connectivity index (χ1v) is 10.5. The van der Waals surface area contributed by atoms with Crippen LogP contribution in [0, 0.1) is 11.7 Å². The van der Waals surface area contributed by atoms with Crippen LogP contribution < -0.4 is 11.1 Å². The first kappa shape index (κ1) is 24.2. The normalized spacial score (nSPS) is 16.7. The average Bonchev–Trinajstić information content (AvgIpc) is 2.72. The van der Waals surface area contributed by atoms with Gasteiger partial charge in [-0.05, 0) is 55.6 Å². The largest absolute Gasteiger partial charge is 0.480 e. The van der Waals surface area contributed by atoms with Crippen LogP contribution in [0.15, 0.2) is 36.7 Å². The summed E-state index contributed by atoms with van der Waals surface area (Å²) in [6.45, 7) is 6.11. The molecule has 166 valence electrons. The molecular formula is C21H33BFN3O4. The van der Waals surface area contributed by atoms with Crippen molar-refractivity contribution in [3.05, 3.63) is 48.0 Å². The van der Waals surface area contributed by atoms with E-state index in [1.807, 2.05) is 0 Å². The second-order valence-corrected chi connectivity index (χ2v) is 8.08. The number of nitrogens with zero attached hydrogens (tertiary/aromatic N) is 1. The van der Waals surface area contributed by atoms with E-state index in [4.69, 9.17) is 15.8 Å². The van der Waals surface area contributed by atoms with E-state index in [0.29, 0.717) is 51.7 Å². The van der Waals surface area contributed by atoms with Crippen molar-refractivity contribution >= 4 is 13.1 Å². The molecule has 1 fully saturated rings. The van der Waals surface area contributed by atoms with Crippen LogP contribution in [0.1, 0.15) is 37.7 Å². The number of unbranched alkanes of at least 4 members (excludes halogenated alkanes) is 1. The van der Waals surface area contributed by atoms with Crippen LogP contribution in [0.2, 0.25) is 6.32 Å². The molecule has 1 saturated heterocycles. The Labute approximate surface area is 177 Å². The highest BCUT2D eigenvalue weighted by Gasteiger charge is 2.43. The lowest BCUT2D eigenvalue weighted by molar-refractivity contribution is -0.146. The van der Waals surface area contributed by atoms with Gasteiger partial charge < -0.3 is 31.1 Å². The van der Waals surface area contributed by atoms with Crippen LogP contribution in [0.3, 0.4) is 0 Å². The molecule has 0 aromatic heterocycles. The Hall–Kier alpha value is -2.10. The second-order valence-electron chi connectivity index (χ2n) is 8.08. The number of carboxylic acid groups (broad SMARTS) is 1. The molecule has 0 amide bonds. The minimum Gasteiger partial charge on any atom is -0.480 e. The molecule has 0 spiro atoms. The molecule has 0 radical (unpaired) electrons. The molecule has 1 aliphatic rings. The standard InChI is InChI=1S/C21H33BFN3O4/c1-16(25-13-8-17-4-6-19(23)7-5-17)26-14-9-18(10-15-26)21(24,20(27)28)11-2-3-12-22(29)30/h4-7,18,25,29-30H,1-3,8-15,24H2,(H,27,28). The van der Waals surface area contributed by atoms with Crippen LogP contribution in [-0.4, -0.2) is 58.3 Å². The molecule has 30 heavy (non-hydrogen) atoms. The number of hydrogen-bond donors (Lipinski definition) is 5. The molecular weight excluding hydrogens is 388 g/mol. The maximum Gasteiger partial charge on any atom is 0.451 e. The first-order valence-electron chi connectivity index (χ1n) is 10.5. The zero-order valence-corrected chi connectivity index (χ0v) is 17.4. The topological polar surface area (TPSA) is 119 Å². The molecule has 0 bridgehead atoms. The van der Waals surface area contributed by atoms with E-state index in [1.54, 1.807) is 12.1 Å². The van der Waals surface area contributed by atoms with Gasteiger partial charge in [-0.3, -0.25) is 4.79 Å². The molecule has 9 heteroatoms. The lowest BCUT2D eigenvalue weighted by Gasteiger charge is -2.41. The predicted octanol–water partition coefficient (Wildman–Crippen LogP) is 1.57. The van der Waals surface area contributed by atoms with Crippen molar-refractivity contribution < 1.29 is 24.3 Å². The average molecular weight is 421 g/mol. The number of likely N-dealkylation sites (tertiary alicyclic amines) is 1. The van der Waals surface area contributed by atoms with Gasteiger partial charge >= 0.3 is 13.1 Å². The molecule has 0 saturated carbocycles. The number of halogens is 1. The smallest absolute Gasteiger partial charge is 0.451 e. The van der Waals surface area contributed by atoms with Gasteiger partial charge in [-0.25, -0.2) is 4.39 Å². The van der Waals surface area contributed by atoms with E-state index in [0.717, 1.165) is 17.8 Å². The Morgan fingerprint density at radius 3 is 2.47 bits per heavy atom. The molecule has 1 aliphatic heterocycles. The molecule has 1 aromatic carbocycles. The van der Waals surface area contributed by atoms with Crippen LogP contribution in [-0.2, 0) is 11.2 Å². The number of aliphatic carboxylic acids is 1. The van der Waals surface area contributed by atoms with Gasteiger partial charge in [-0.15, -0.1) is 0 Å². The van der Waals surface area contributed by atoms with Crippen molar-refractivity contribution in [2.45, 2.75) is 50.4 Å². The summed E-state index contributed by atoms with van der Waals surface area (Å²) in [5.74, 6) is -0.591. The van der Waals surface area contributed by atoms with Gasteiger partial charge in [0.1, 0.15) is 11.4 Å². The highest BCUT2D eigenvalue weighted by atomic mass is 19.1. The van der Waals surface area contributed by atoms with Gasteiger partial charge in [-0.1, -0.05) is 31.6 Å². The summed E-state index contributed by atoms with van der Waals surface area (Å²) < 4.78 is 13.0. The molecule has 7 nitrogen and oxygen atoms in total. The quantitative estimate of drug-likeness (QED) is 0.257. The lowest BCUT2D eigenvalue weighted by Crippen LogP contribution is -2.57. The third-order valence-electron chi connectivity index (χ3n) is 5.96. The van der Waals surface area contributed by atoms with E-state index in [2.05, 4.69) is 16.8 Å². The van der Waals surface area contributed by atoms with Gasteiger partial charge in [0.05, 0.1) is 5.82 Å². The van der Waals surface area contributed by atoms with E-state index in [9.17, 15) is 14.3 Å². The van der Waals surface area contributed by atoms with Crippen molar-refractivity contribution in [2.75, 3.05) is 19.6 Å². The fourth-order valence-electron chi connectivity index (χ4n) is 4.01. The van der Waals surface area contributed by atoms with Gasteiger partial charge in [-0.2, -0.15) is 0 Å². The molecule has 6 N–H and O–H groups in total. The van der Waals surface area contributed by atoms with Gasteiger partial charge in [0, 0.05) is 19.6 Å². The number of hydrogen-bond acceptors (Lipinski definition) is 6. The maximum atomic E-state index is 13.0. The number of benzene rings is 1. The first-order chi connectivity index (χ1) is 14.2. The minimum atomic E-state index is -1.37.